The predicted octanol–water partition coefficient (Wildman–Crippen LogP) is 6.67. The summed E-state index contributed by atoms with van der Waals surface area (Å²) in [6.07, 6.45) is 9.48. The molecule has 0 atom stereocenters. The summed E-state index contributed by atoms with van der Waals surface area (Å²) in [7, 11) is 0. The van der Waals surface area contributed by atoms with Gasteiger partial charge in [-0.2, -0.15) is 0 Å². The Balaban J connectivity index is 0.788. The number of likely N-dealkylation sites (tertiary alicyclic amines) is 2. The van der Waals surface area contributed by atoms with Gasteiger partial charge in [0.1, 0.15) is 11.4 Å². The highest BCUT2D eigenvalue weighted by Crippen LogP contribution is 2.24. The van der Waals surface area contributed by atoms with Crippen molar-refractivity contribution < 1.29 is 14.4 Å². The van der Waals surface area contributed by atoms with Crippen LogP contribution in [0.15, 0.2) is 109 Å². The van der Waals surface area contributed by atoms with Gasteiger partial charge >= 0.3 is 6.03 Å². The number of aromatic nitrogens is 6. The molecular weight excluding hydrogens is 733 g/mol. The van der Waals surface area contributed by atoms with E-state index in [9.17, 15) is 14.4 Å². The predicted molar refractivity (Wildman–Crippen MR) is 224 cm³/mol. The minimum atomic E-state index is -0.380. The Labute approximate surface area is 336 Å². The number of amides is 4. The molecular formula is C43H46N12O3. The minimum absolute atomic E-state index is 0.0119. The average molecular weight is 779 g/mol. The van der Waals surface area contributed by atoms with Crippen LogP contribution in [0.3, 0.4) is 0 Å². The van der Waals surface area contributed by atoms with Crippen LogP contribution >= 0.6 is 0 Å². The van der Waals surface area contributed by atoms with Crippen molar-refractivity contribution in [3.63, 3.8) is 0 Å². The number of urea groups is 1. The number of hydrogen-bond donors (Lipinski definition) is 4. The van der Waals surface area contributed by atoms with Crippen LogP contribution < -0.4 is 21.3 Å². The number of nitrogens with zero attached hydrogens (tertiary/aromatic N) is 8. The van der Waals surface area contributed by atoms with E-state index in [0.29, 0.717) is 35.6 Å². The summed E-state index contributed by atoms with van der Waals surface area (Å²) in [5.74, 6) is 0.0238. The number of carbonyl (C=O) groups excluding carboxylic acids is 3. The van der Waals surface area contributed by atoms with E-state index in [4.69, 9.17) is 0 Å². The van der Waals surface area contributed by atoms with E-state index in [1.165, 1.54) is 25.7 Å². The maximum atomic E-state index is 12.8. The van der Waals surface area contributed by atoms with Crippen molar-refractivity contribution in [2.24, 2.45) is 0 Å². The van der Waals surface area contributed by atoms with E-state index >= 15 is 0 Å². The molecule has 8 rings (SSSR count). The molecule has 2 aliphatic rings. The molecule has 0 spiro atoms. The van der Waals surface area contributed by atoms with Crippen LogP contribution in [0, 0.1) is 0 Å². The molecule has 2 saturated heterocycles. The lowest BCUT2D eigenvalue weighted by atomic mass is 10.1. The van der Waals surface area contributed by atoms with E-state index in [-0.39, 0.29) is 17.8 Å². The van der Waals surface area contributed by atoms with Gasteiger partial charge in [0.15, 0.2) is 0 Å². The summed E-state index contributed by atoms with van der Waals surface area (Å²) in [4.78, 5) is 42.3. The summed E-state index contributed by atoms with van der Waals surface area (Å²) in [5.41, 5.74) is 7.40. The Morgan fingerprint density at radius 2 is 0.810 bits per heavy atom. The normalized spacial score (nSPS) is 14.3. The highest BCUT2D eigenvalue weighted by atomic mass is 16.2. The summed E-state index contributed by atoms with van der Waals surface area (Å²) in [6.45, 7) is 5.90. The first-order chi connectivity index (χ1) is 28.4. The maximum absolute atomic E-state index is 12.8. The third kappa shape index (κ3) is 9.99. The standard InChI is InChI=1S/C43H46N12O3/c56-41(21-27-52-23-1-2-24-52)44-33-13-17-37(18-14-33)54-29-39(48-50-54)31-5-9-35(10-6-31)46-43(58)47-36-11-7-32(8-12-36)40-30-55(51-49-40)38-19-15-34(16-20-38)45-42(57)22-28-53-25-3-4-26-53/h5-20,29-30H,1-4,21-28H2,(H,44,56)(H,45,57)(H2,46,47,58). The van der Waals surface area contributed by atoms with E-state index in [1.54, 1.807) is 9.36 Å². The first kappa shape index (κ1) is 38.2. The number of hydrogen-bond acceptors (Lipinski definition) is 9. The van der Waals surface area contributed by atoms with Gasteiger partial charge in [-0.1, -0.05) is 34.7 Å². The van der Waals surface area contributed by atoms with Gasteiger partial charge in [-0.15, -0.1) is 10.2 Å². The van der Waals surface area contributed by atoms with Gasteiger partial charge in [0.25, 0.3) is 0 Å². The average Bonchev–Trinajstić information content (AvgIpc) is 4.10. The van der Waals surface area contributed by atoms with Gasteiger partial charge < -0.3 is 31.1 Å². The fourth-order valence-corrected chi connectivity index (χ4v) is 7.16. The number of nitrogens with one attached hydrogen (secondary N) is 4. The van der Waals surface area contributed by atoms with Crippen molar-refractivity contribution in [3.05, 3.63) is 109 Å². The van der Waals surface area contributed by atoms with E-state index in [1.807, 2.05) is 109 Å². The molecule has 0 unspecified atom stereocenters. The van der Waals surface area contributed by atoms with Crippen molar-refractivity contribution in [1.29, 1.82) is 0 Å². The summed E-state index contributed by atoms with van der Waals surface area (Å²) >= 11 is 0. The fourth-order valence-electron chi connectivity index (χ4n) is 7.16. The van der Waals surface area contributed by atoms with Crippen LogP contribution in [0.4, 0.5) is 27.5 Å². The van der Waals surface area contributed by atoms with Gasteiger partial charge in [0, 0.05) is 59.8 Å². The molecule has 0 bridgehead atoms. The minimum Gasteiger partial charge on any atom is -0.326 e. The second-order valence-electron chi connectivity index (χ2n) is 14.6. The topological polar surface area (TPSA) is 167 Å². The fraction of sp³-hybridized carbons (Fsp3) is 0.279. The molecule has 15 heteroatoms. The van der Waals surface area contributed by atoms with Crippen LogP contribution in [0.2, 0.25) is 0 Å². The SMILES string of the molecule is O=C(CCN1CCCC1)Nc1ccc(-n2cc(-c3ccc(NC(=O)Nc4ccc(-c5cn(-c6ccc(NC(=O)CCN7CCCC7)cc6)nn5)cc4)cc3)nn2)cc1. The molecule has 2 fully saturated rings. The number of carbonyl (C=O) groups is 3. The Morgan fingerprint density at radius 3 is 1.19 bits per heavy atom. The van der Waals surface area contributed by atoms with Crippen molar-refractivity contribution in [2.75, 3.05) is 60.5 Å². The molecule has 4 heterocycles. The molecule has 0 aliphatic carbocycles. The second kappa shape index (κ2) is 18.0. The maximum Gasteiger partial charge on any atom is 0.323 e. The highest BCUT2D eigenvalue weighted by molar-refractivity contribution is 6.00. The first-order valence-electron chi connectivity index (χ1n) is 19.8. The number of anilines is 4. The lowest BCUT2D eigenvalue weighted by molar-refractivity contribution is -0.117. The Morgan fingerprint density at radius 1 is 0.466 bits per heavy atom. The third-order valence-corrected chi connectivity index (χ3v) is 10.4. The van der Waals surface area contributed by atoms with Crippen LogP contribution in [0.25, 0.3) is 33.9 Å². The van der Waals surface area contributed by atoms with Crippen LogP contribution in [0.5, 0.6) is 0 Å². The highest BCUT2D eigenvalue weighted by Gasteiger charge is 2.15. The molecule has 4 aromatic carbocycles. The number of benzene rings is 4. The lowest BCUT2D eigenvalue weighted by Gasteiger charge is -2.14. The molecule has 0 radical (unpaired) electrons. The van der Waals surface area contributed by atoms with Gasteiger partial charge in [-0.05, 0) is 125 Å². The number of rotatable bonds is 14. The Bertz CT molecular complexity index is 2150. The smallest absolute Gasteiger partial charge is 0.323 e. The van der Waals surface area contributed by atoms with Gasteiger partial charge in [-0.25, -0.2) is 14.2 Å². The van der Waals surface area contributed by atoms with Crippen LogP contribution in [0.1, 0.15) is 38.5 Å². The summed E-state index contributed by atoms with van der Waals surface area (Å²) in [6, 6.07) is 29.3. The van der Waals surface area contributed by atoms with Gasteiger partial charge in [0.2, 0.25) is 11.8 Å². The zero-order valence-electron chi connectivity index (χ0n) is 32.2. The van der Waals surface area contributed by atoms with E-state index in [0.717, 1.165) is 73.1 Å². The van der Waals surface area contributed by atoms with Gasteiger partial charge in [0.05, 0.1) is 23.8 Å². The van der Waals surface area contributed by atoms with Crippen molar-refractivity contribution >= 4 is 40.6 Å². The molecule has 2 aliphatic heterocycles. The molecule has 15 nitrogen and oxygen atoms in total. The molecule has 2 aromatic heterocycles. The Hall–Kier alpha value is -6.71. The lowest BCUT2D eigenvalue weighted by Crippen LogP contribution is -2.25. The van der Waals surface area contributed by atoms with Crippen molar-refractivity contribution in [3.8, 4) is 33.9 Å². The first-order valence-corrected chi connectivity index (χ1v) is 19.8. The Kier molecular flexibility index (Phi) is 11.9. The van der Waals surface area contributed by atoms with Crippen LogP contribution in [-0.4, -0.2) is 96.9 Å². The van der Waals surface area contributed by atoms with Crippen LogP contribution in [-0.2, 0) is 9.59 Å². The molecule has 0 saturated carbocycles. The quantitative estimate of drug-likeness (QED) is 0.0944. The molecule has 296 valence electrons. The van der Waals surface area contributed by atoms with E-state index in [2.05, 4.69) is 51.7 Å². The van der Waals surface area contributed by atoms with Gasteiger partial charge in [-0.3, -0.25) is 9.59 Å². The van der Waals surface area contributed by atoms with Crippen molar-refractivity contribution in [1.82, 2.24) is 39.8 Å². The third-order valence-electron chi connectivity index (χ3n) is 10.4. The zero-order chi connectivity index (χ0) is 39.7. The molecule has 4 amide bonds. The summed E-state index contributed by atoms with van der Waals surface area (Å²) < 4.78 is 3.36. The monoisotopic (exact) mass is 778 g/mol. The zero-order valence-corrected chi connectivity index (χ0v) is 32.2. The largest absolute Gasteiger partial charge is 0.326 e. The van der Waals surface area contributed by atoms with Crippen molar-refractivity contribution in [2.45, 2.75) is 38.5 Å². The summed E-state index contributed by atoms with van der Waals surface area (Å²) in [5, 5.41) is 28.9. The second-order valence-corrected chi connectivity index (χ2v) is 14.6. The van der Waals surface area contributed by atoms with E-state index < -0.39 is 0 Å². The molecule has 4 N–H and O–H groups in total. The molecule has 6 aromatic rings. The molecule has 58 heavy (non-hydrogen) atoms.